The van der Waals surface area contributed by atoms with E-state index in [1.165, 1.54) is 12.8 Å². The molecule has 0 radical (unpaired) electrons. The number of nitrogens with zero attached hydrogens (tertiary/aromatic N) is 1. The zero-order valence-electron chi connectivity index (χ0n) is 12.5. The highest BCUT2D eigenvalue weighted by atomic mass is 16.4. The molecule has 1 saturated carbocycles. The highest BCUT2D eigenvalue weighted by molar-refractivity contribution is 5.85. The summed E-state index contributed by atoms with van der Waals surface area (Å²) in [7, 11) is 0. The first-order valence-electron chi connectivity index (χ1n) is 8.18. The van der Waals surface area contributed by atoms with Crippen molar-refractivity contribution in [1.82, 2.24) is 4.90 Å². The van der Waals surface area contributed by atoms with E-state index >= 15 is 0 Å². The zero-order chi connectivity index (χ0) is 14.5. The van der Waals surface area contributed by atoms with Crippen LogP contribution >= 0.6 is 0 Å². The molecule has 1 saturated heterocycles. The van der Waals surface area contributed by atoms with Crippen LogP contribution in [0.3, 0.4) is 0 Å². The molecule has 0 bridgehead atoms. The Balaban J connectivity index is 2.12. The van der Waals surface area contributed by atoms with Crippen LogP contribution in [-0.2, 0) is 9.59 Å². The van der Waals surface area contributed by atoms with Gasteiger partial charge in [-0.1, -0.05) is 32.6 Å². The molecule has 0 aromatic carbocycles. The first-order valence-corrected chi connectivity index (χ1v) is 8.18. The molecule has 114 valence electrons. The van der Waals surface area contributed by atoms with Crippen LogP contribution in [0, 0.1) is 11.8 Å². The summed E-state index contributed by atoms with van der Waals surface area (Å²) in [5.74, 6) is -1.41. The molecular weight excluding hydrogens is 254 g/mol. The Kier molecular flexibility index (Phi) is 5.44. The third kappa shape index (κ3) is 3.33. The summed E-state index contributed by atoms with van der Waals surface area (Å²) in [5, 5.41) is 9.36. The Bertz CT molecular complexity index is 356. The van der Waals surface area contributed by atoms with Crippen molar-refractivity contribution in [3.05, 3.63) is 0 Å². The van der Waals surface area contributed by atoms with Gasteiger partial charge in [-0.05, 0) is 32.1 Å². The van der Waals surface area contributed by atoms with Gasteiger partial charge >= 0.3 is 5.97 Å². The lowest BCUT2D eigenvalue weighted by Gasteiger charge is -2.36. The Labute approximate surface area is 121 Å². The van der Waals surface area contributed by atoms with Gasteiger partial charge in [0.15, 0.2) is 0 Å². The third-order valence-electron chi connectivity index (χ3n) is 5.03. The highest BCUT2D eigenvalue weighted by Crippen LogP contribution is 2.33. The van der Waals surface area contributed by atoms with Gasteiger partial charge < -0.3 is 10.0 Å². The van der Waals surface area contributed by atoms with Gasteiger partial charge in [0.25, 0.3) is 0 Å². The third-order valence-corrected chi connectivity index (χ3v) is 5.03. The molecule has 3 unspecified atom stereocenters. The van der Waals surface area contributed by atoms with Crippen molar-refractivity contribution in [3.63, 3.8) is 0 Å². The minimum atomic E-state index is -0.786. The number of aliphatic carboxylic acids is 1. The monoisotopic (exact) mass is 281 g/mol. The van der Waals surface area contributed by atoms with Crippen LogP contribution in [0.4, 0.5) is 0 Å². The number of carbonyl (C=O) groups is 2. The van der Waals surface area contributed by atoms with E-state index in [1.54, 1.807) is 0 Å². The average Bonchev–Trinajstić information content (AvgIpc) is 2.71. The van der Waals surface area contributed by atoms with Gasteiger partial charge in [0.1, 0.15) is 0 Å². The summed E-state index contributed by atoms with van der Waals surface area (Å²) in [4.78, 5) is 26.3. The first-order chi connectivity index (χ1) is 9.65. The normalized spacial score (nSPS) is 31.6. The number of hydrogen-bond acceptors (Lipinski definition) is 2. The van der Waals surface area contributed by atoms with Gasteiger partial charge in [0.05, 0.1) is 11.8 Å². The lowest BCUT2D eigenvalue weighted by molar-refractivity contribution is -0.153. The van der Waals surface area contributed by atoms with E-state index in [0.717, 1.165) is 45.1 Å². The molecule has 1 aliphatic heterocycles. The maximum absolute atomic E-state index is 12.9. The molecule has 0 aromatic rings. The Morgan fingerprint density at radius 2 is 1.65 bits per heavy atom. The van der Waals surface area contributed by atoms with E-state index in [-0.39, 0.29) is 11.8 Å². The number of hydrogen-bond donors (Lipinski definition) is 1. The second-order valence-electron chi connectivity index (χ2n) is 6.28. The molecule has 20 heavy (non-hydrogen) atoms. The van der Waals surface area contributed by atoms with E-state index in [2.05, 4.69) is 6.92 Å². The topological polar surface area (TPSA) is 57.6 Å². The minimum absolute atomic E-state index is 0.117. The van der Waals surface area contributed by atoms with Crippen molar-refractivity contribution in [3.8, 4) is 0 Å². The minimum Gasteiger partial charge on any atom is -0.481 e. The average molecular weight is 281 g/mol. The van der Waals surface area contributed by atoms with E-state index in [1.807, 2.05) is 4.90 Å². The first kappa shape index (κ1) is 15.3. The van der Waals surface area contributed by atoms with Crippen molar-refractivity contribution >= 4 is 11.9 Å². The van der Waals surface area contributed by atoms with E-state index in [9.17, 15) is 14.7 Å². The van der Waals surface area contributed by atoms with Crippen LogP contribution in [0.5, 0.6) is 0 Å². The van der Waals surface area contributed by atoms with E-state index in [0.29, 0.717) is 12.5 Å². The Hall–Kier alpha value is -1.06. The smallest absolute Gasteiger partial charge is 0.307 e. The van der Waals surface area contributed by atoms with Crippen LogP contribution in [0.15, 0.2) is 0 Å². The molecular formula is C16H27NO3. The lowest BCUT2D eigenvalue weighted by atomic mass is 9.78. The molecule has 4 nitrogen and oxygen atoms in total. The van der Waals surface area contributed by atoms with Gasteiger partial charge in [-0.2, -0.15) is 0 Å². The zero-order valence-corrected chi connectivity index (χ0v) is 12.5. The molecule has 2 rings (SSSR count). The number of likely N-dealkylation sites (tertiary alicyclic amines) is 1. The van der Waals surface area contributed by atoms with Gasteiger partial charge in [0.2, 0.25) is 5.91 Å². The van der Waals surface area contributed by atoms with Crippen LogP contribution in [-0.4, -0.2) is 34.5 Å². The molecule has 4 heteroatoms. The fourth-order valence-corrected chi connectivity index (χ4v) is 3.83. The van der Waals surface area contributed by atoms with Gasteiger partial charge in [-0.15, -0.1) is 0 Å². The van der Waals surface area contributed by atoms with Crippen molar-refractivity contribution < 1.29 is 14.7 Å². The standard InChI is InChI=1S/C16H27NO3/c1-2-12-8-4-3-7-11-17(12)15(18)13-9-5-6-10-14(13)16(19)20/h12-14H,2-11H2,1H3,(H,19,20). The maximum Gasteiger partial charge on any atom is 0.307 e. The van der Waals surface area contributed by atoms with Crippen molar-refractivity contribution in [1.29, 1.82) is 0 Å². The number of carboxylic acid groups (broad SMARTS) is 1. The molecule has 2 fully saturated rings. The molecule has 1 aliphatic carbocycles. The predicted octanol–water partition coefficient (Wildman–Crippen LogP) is 3.06. The summed E-state index contributed by atoms with van der Waals surface area (Å²) < 4.78 is 0. The van der Waals surface area contributed by atoms with E-state index in [4.69, 9.17) is 0 Å². The number of carbonyl (C=O) groups excluding carboxylic acids is 1. The summed E-state index contributed by atoms with van der Waals surface area (Å²) in [6.45, 7) is 2.95. The molecule has 0 spiro atoms. The predicted molar refractivity (Wildman–Crippen MR) is 77.3 cm³/mol. The Morgan fingerprint density at radius 1 is 1.00 bits per heavy atom. The van der Waals surface area contributed by atoms with Crippen LogP contribution in [0.1, 0.15) is 64.7 Å². The van der Waals surface area contributed by atoms with Crippen LogP contribution < -0.4 is 0 Å². The summed E-state index contributed by atoms with van der Waals surface area (Å²) in [6.07, 6.45) is 8.85. The second kappa shape index (κ2) is 7.09. The molecule has 1 amide bonds. The number of rotatable bonds is 3. The van der Waals surface area contributed by atoms with Crippen molar-refractivity contribution in [2.45, 2.75) is 70.8 Å². The van der Waals surface area contributed by atoms with Crippen LogP contribution in [0.25, 0.3) is 0 Å². The van der Waals surface area contributed by atoms with E-state index < -0.39 is 11.9 Å². The quantitative estimate of drug-likeness (QED) is 0.865. The summed E-state index contributed by atoms with van der Waals surface area (Å²) in [6, 6.07) is 0.321. The van der Waals surface area contributed by atoms with Crippen LogP contribution in [0.2, 0.25) is 0 Å². The molecule has 0 aromatic heterocycles. The number of carboxylic acids is 1. The van der Waals surface area contributed by atoms with Crippen molar-refractivity contribution in [2.24, 2.45) is 11.8 Å². The fourth-order valence-electron chi connectivity index (χ4n) is 3.83. The molecule has 2 aliphatic rings. The lowest BCUT2D eigenvalue weighted by Crippen LogP contribution is -2.47. The summed E-state index contributed by atoms with van der Waals surface area (Å²) in [5.41, 5.74) is 0. The van der Waals surface area contributed by atoms with Crippen molar-refractivity contribution in [2.75, 3.05) is 6.54 Å². The van der Waals surface area contributed by atoms with Gasteiger partial charge in [0, 0.05) is 12.6 Å². The second-order valence-corrected chi connectivity index (χ2v) is 6.28. The summed E-state index contributed by atoms with van der Waals surface area (Å²) >= 11 is 0. The number of amides is 1. The van der Waals surface area contributed by atoms with Gasteiger partial charge in [-0.25, -0.2) is 0 Å². The molecule has 1 N–H and O–H groups in total. The van der Waals surface area contributed by atoms with Gasteiger partial charge in [-0.3, -0.25) is 9.59 Å². The SMILES string of the molecule is CCC1CCCCCN1C(=O)C1CCCCC1C(=O)O. The largest absolute Gasteiger partial charge is 0.481 e. The fraction of sp³-hybridized carbons (Fsp3) is 0.875. The Morgan fingerprint density at radius 3 is 2.30 bits per heavy atom. The molecule has 1 heterocycles. The maximum atomic E-state index is 12.9. The highest BCUT2D eigenvalue weighted by Gasteiger charge is 2.39. The molecule has 3 atom stereocenters.